The molecule has 0 bridgehead atoms. The number of carbonyl (C=O) groups excluding carboxylic acids is 1. The van der Waals surface area contributed by atoms with Crippen LogP contribution in [0.15, 0.2) is 36.0 Å². The van der Waals surface area contributed by atoms with Crippen molar-refractivity contribution in [2.24, 2.45) is 0 Å². The third-order valence-corrected chi connectivity index (χ3v) is 1.68. The minimum Gasteiger partial charge on any atom is -0.458 e. The summed E-state index contributed by atoms with van der Waals surface area (Å²) in [5, 5.41) is 0. The van der Waals surface area contributed by atoms with Crippen LogP contribution in [0.5, 0.6) is 0 Å². The van der Waals surface area contributed by atoms with Gasteiger partial charge in [0.25, 0.3) is 0 Å². The van der Waals surface area contributed by atoms with Crippen LogP contribution in [0.1, 0.15) is 27.2 Å². The molecule has 78 valence electrons. The van der Waals surface area contributed by atoms with E-state index in [4.69, 9.17) is 4.74 Å². The van der Waals surface area contributed by atoms with Gasteiger partial charge in [0.05, 0.1) is 0 Å². The molecule has 0 fully saturated rings. The van der Waals surface area contributed by atoms with Crippen molar-refractivity contribution in [2.75, 3.05) is 6.61 Å². The SMILES string of the molecule is C/C=C(\C)C(=O)OC/C=C/C=C/CC. The summed E-state index contributed by atoms with van der Waals surface area (Å²) in [5.74, 6) is -0.253. The Balaban J connectivity index is 3.69. The van der Waals surface area contributed by atoms with Crippen LogP contribution in [-0.2, 0) is 9.53 Å². The van der Waals surface area contributed by atoms with Crippen molar-refractivity contribution in [2.45, 2.75) is 27.2 Å². The first kappa shape index (κ1) is 12.7. The molecule has 2 heteroatoms. The van der Waals surface area contributed by atoms with Crippen LogP contribution >= 0.6 is 0 Å². The highest BCUT2D eigenvalue weighted by molar-refractivity contribution is 5.87. The van der Waals surface area contributed by atoms with E-state index in [-0.39, 0.29) is 5.97 Å². The van der Waals surface area contributed by atoms with Gasteiger partial charge in [-0.25, -0.2) is 4.79 Å². The molecule has 14 heavy (non-hydrogen) atoms. The van der Waals surface area contributed by atoms with Gasteiger partial charge in [0.15, 0.2) is 0 Å². The lowest BCUT2D eigenvalue weighted by Gasteiger charge is -1.99. The van der Waals surface area contributed by atoms with E-state index in [9.17, 15) is 4.79 Å². The normalized spacial score (nSPS) is 12.6. The fourth-order valence-corrected chi connectivity index (χ4v) is 0.704. The van der Waals surface area contributed by atoms with E-state index in [1.807, 2.05) is 31.2 Å². The monoisotopic (exact) mass is 194 g/mol. The molecule has 0 rings (SSSR count). The molecule has 0 amide bonds. The van der Waals surface area contributed by atoms with E-state index in [1.54, 1.807) is 13.0 Å². The predicted molar refractivity (Wildman–Crippen MR) is 59.0 cm³/mol. The highest BCUT2D eigenvalue weighted by Gasteiger charge is 2.01. The van der Waals surface area contributed by atoms with E-state index in [0.29, 0.717) is 12.2 Å². The topological polar surface area (TPSA) is 26.3 Å². The summed E-state index contributed by atoms with van der Waals surface area (Å²) >= 11 is 0. The van der Waals surface area contributed by atoms with E-state index in [2.05, 4.69) is 6.92 Å². The van der Waals surface area contributed by atoms with Gasteiger partial charge in [-0.05, 0) is 26.3 Å². The molecule has 0 N–H and O–H groups in total. The molecule has 0 aliphatic heterocycles. The highest BCUT2D eigenvalue weighted by atomic mass is 16.5. The van der Waals surface area contributed by atoms with E-state index >= 15 is 0 Å². The first-order valence-corrected chi connectivity index (χ1v) is 4.84. The van der Waals surface area contributed by atoms with Gasteiger partial charge in [-0.15, -0.1) is 0 Å². The molecule has 0 radical (unpaired) electrons. The van der Waals surface area contributed by atoms with Gasteiger partial charge in [0, 0.05) is 5.57 Å². The summed E-state index contributed by atoms with van der Waals surface area (Å²) in [6, 6.07) is 0. The predicted octanol–water partition coefficient (Wildman–Crippen LogP) is 3.02. The van der Waals surface area contributed by atoms with Crippen LogP contribution in [0.25, 0.3) is 0 Å². The second-order valence-electron chi connectivity index (χ2n) is 2.83. The van der Waals surface area contributed by atoms with Gasteiger partial charge in [-0.1, -0.05) is 31.2 Å². The molecule has 2 nitrogen and oxygen atoms in total. The molecule has 0 aliphatic carbocycles. The van der Waals surface area contributed by atoms with Crippen molar-refractivity contribution < 1.29 is 9.53 Å². The molecule has 0 saturated heterocycles. The van der Waals surface area contributed by atoms with Gasteiger partial charge in [-0.2, -0.15) is 0 Å². The molecule has 0 saturated carbocycles. The third-order valence-electron chi connectivity index (χ3n) is 1.68. The fourth-order valence-electron chi connectivity index (χ4n) is 0.704. The molecule has 0 aromatic carbocycles. The van der Waals surface area contributed by atoms with Crippen molar-refractivity contribution in [3.63, 3.8) is 0 Å². The van der Waals surface area contributed by atoms with Crippen molar-refractivity contribution in [3.8, 4) is 0 Å². The number of carbonyl (C=O) groups is 1. The van der Waals surface area contributed by atoms with Crippen LogP contribution in [0.3, 0.4) is 0 Å². The summed E-state index contributed by atoms with van der Waals surface area (Å²) in [6.45, 7) is 5.96. The number of ether oxygens (including phenoxy) is 1. The molecular weight excluding hydrogens is 176 g/mol. The summed E-state index contributed by atoms with van der Waals surface area (Å²) < 4.78 is 4.95. The minimum atomic E-state index is -0.253. The highest BCUT2D eigenvalue weighted by Crippen LogP contribution is 1.95. The minimum absolute atomic E-state index is 0.253. The first-order chi connectivity index (χ1) is 6.72. The lowest BCUT2D eigenvalue weighted by Crippen LogP contribution is -2.05. The molecule has 0 aromatic heterocycles. The smallest absolute Gasteiger partial charge is 0.333 e. The van der Waals surface area contributed by atoms with Crippen molar-refractivity contribution in [1.29, 1.82) is 0 Å². The lowest BCUT2D eigenvalue weighted by molar-refractivity contribution is -0.137. The average molecular weight is 194 g/mol. The van der Waals surface area contributed by atoms with Crippen molar-refractivity contribution >= 4 is 5.97 Å². The Hall–Kier alpha value is -1.31. The quantitative estimate of drug-likeness (QED) is 0.382. The van der Waals surface area contributed by atoms with Gasteiger partial charge >= 0.3 is 5.97 Å². The number of hydrogen-bond acceptors (Lipinski definition) is 2. The van der Waals surface area contributed by atoms with E-state index in [1.165, 1.54) is 0 Å². The van der Waals surface area contributed by atoms with Crippen LogP contribution in [-0.4, -0.2) is 12.6 Å². The van der Waals surface area contributed by atoms with Crippen LogP contribution in [0.2, 0.25) is 0 Å². The van der Waals surface area contributed by atoms with Gasteiger partial charge in [0.2, 0.25) is 0 Å². The van der Waals surface area contributed by atoms with E-state index < -0.39 is 0 Å². The number of hydrogen-bond donors (Lipinski definition) is 0. The molecule has 0 atom stereocenters. The Labute approximate surface area is 86.0 Å². The largest absolute Gasteiger partial charge is 0.458 e. The van der Waals surface area contributed by atoms with Gasteiger partial charge in [-0.3, -0.25) is 0 Å². The number of rotatable bonds is 5. The Morgan fingerprint density at radius 2 is 1.93 bits per heavy atom. The maximum absolute atomic E-state index is 11.1. The summed E-state index contributed by atoms with van der Waals surface area (Å²) in [6.07, 6.45) is 10.4. The van der Waals surface area contributed by atoms with Crippen LogP contribution < -0.4 is 0 Å². The standard InChI is InChI=1S/C12H18O2/c1-4-6-7-8-9-10-14-12(13)11(3)5-2/h5-9H,4,10H2,1-3H3/b7-6+,9-8+,11-5+. The summed E-state index contributed by atoms with van der Waals surface area (Å²) in [5.41, 5.74) is 0.641. The molecule has 0 aromatic rings. The van der Waals surface area contributed by atoms with Crippen molar-refractivity contribution in [3.05, 3.63) is 36.0 Å². The van der Waals surface area contributed by atoms with Crippen LogP contribution in [0, 0.1) is 0 Å². The first-order valence-electron chi connectivity index (χ1n) is 4.84. The summed E-state index contributed by atoms with van der Waals surface area (Å²) in [4.78, 5) is 11.1. The Bertz CT molecular complexity index is 247. The maximum Gasteiger partial charge on any atom is 0.333 e. The Morgan fingerprint density at radius 1 is 1.29 bits per heavy atom. The van der Waals surface area contributed by atoms with E-state index in [0.717, 1.165) is 6.42 Å². The maximum atomic E-state index is 11.1. The zero-order valence-corrected chi connectivity index (χ0v) is 9.12. The fraction of sp³-hybridized carbons (Fsp3) is 0.417. The number of esters is 1. The molecule has 0 heterocycles. The Kier molecular flexibility index (Phi) is 7.52. The van der Waals surface area contributed by atoms with Gasteiger partial charge < -0.3 is 4.74 Å². The average Bonchev–Trinajstić information content (AvgIpc) is 2.21. The lowest BCUT2D eigenvalue weighted by atomic mass is 10.3. The van der Waals surface area contributed by atoms with Crippen LogP contribution in [0.4, 0.5) is 0 Å². The second-order valence-corrected chi connectivity index (χ2v) is 2.83. The summed E-state index contributed by atoms with van der Waals surface area (Å²) in [7, 11) is 0. The molecule has 0 spiro atoms. The zero-order valence-electron chi connectivity index (χ0n) is 9.12. The Morgan fingerprint density at radius 3 is 2.50 bits per heavy atom. The van der Waals surface area contributed by atoms with Crippen molar-refractivity contribution in [1.82, 2.24) is 0 Å². The molecule has 0 unspecified atom stereocenters. The number of allylic oxidation sites excluding steroid dienone is 4. The molecule has 0 aliphatic rings. The van der Waals surface area contributed by atoms with Gasteiger partial charge in [0.1, 0.15) is 6.61 Å². The molecular formula is C12H18O2. The third kappa shape index (κ3) is 6.23. The zero-order chi connectivity index (χ0) is 10.8. The second kappa shape index (κ2) is 8.30.